The fourth-order valence-electron chi connectivity index (χ4n) is 2.31. The van der Waals surface area contributed by atoms with Gasteiger partial charge in [0.15, 0.2) is 5.78 Å². The van der Waals surface area contributed by atoms with E-state index in [0.29, 0.717) is 13.1 Å². The molecule has 1 aromatic carbocycles. The standard InChI is InChI=1S/C16H19NO3/c1-3-14-9-17(10-15(14)12(2)18)16(19)20-11-13-7-5-4-6-8-13/h4-8H,3,9-11H2,1-2H3. The smallest absolute Gasteiger partial charge is 0.410 e. The van der Waals surface area contributed by atoms with Crippen molar-refractivity contribution in [3.05, 3.63) is 47.0 Å². The molecule has 0 N–H and O–H groups in total. The van der Waals surface area contributed by atoms with Crippen molar-refractivity contribution in [1.82, 2.24) is 4.90 Å². The minimum atomic E-state index is -0.365. The molecule has 0 fully saturated rings. The first-order valence-electron chi connectivity index (χ1n) is 6.79. The van der Waals surface area contributed by atoms with Crippen molar-refractivity contribution in [3.8, 4) is 0 Å². The van der Waals surface area contributed by atoms with Gasteiger partial charge < -0.3 is 4.74 Å². The van der Waals surface area contributed by atoms with Crippen LogP contribution in [0.5, 0.6) is 0 Å². The van der Waals surface area contributed by atoms with E-state index in [4.69, 9.17) is 4.74 Å². The zero-order chi connectivity index (χ0) is 14.5. The summed E-state index contributed by atoms with van der Waals surface area (Å²) in [6.45, 7) is 4.67. The summed E-state index contributed by atoms with van der Waals surface area (Å²) in [4.78, 5) is 25.1. The molecule has 1 heterocycles. The highest BCUT2D eigenvalue weighted by Gasteiger charge is 2.27. The largest absolute Gasteiger partial charge is 0.445 e. The summed E-state index contributed by atoms with van der Waals surface area (Å²) in [7, 11) is 0. The minimum absolute atomic E-state index is 0.0419. The Hall–Kier alpha value is -2.10. The molecule has 2 rings (SSSR count). The number of carbonyl (C=O) groups is 2. The molecule has 1 aliphatic heterocycles. The Bertz CT molecular complexity index is 534. The molecule has 0 atom stereocenters. The summed E-state index contributed by atoms with van der Waals surface area (Å²) in [6.07, 6.45) is 0.424. The number of ketones is 1. The molecular weight excluding hydrogens is 254 g/mol. The summed E-state index contributed by atoms with van der Waals surface area (Å²) in [5.41, 5.74) is 2.74. The van der Waals surface area contributed by atoms with Crippen molar-refractivity contribution in [2.24, 2.45) is 0 Å². The van der Waals surface area contributed by atoms with Gasteiger partial charge in [-0.15, -0.1) is 0 Å². The highest BCUT2D eigenvalue weighted by atomic mass is 16.6. The monoisotopic (exact) mass is 273 g/mol. The number of Topliss-reactive ketones (excluding diaryl/α,β-unsaturated/α-hetero) is 1. The molecule has 0 saturated carbocycles. The van der Waals surface area contributed by atoms with Crippen molar-refractivity contribution >= 4 is 11.9 Å². The van der Waals surface area contributed by atoms with Gasteiger partial charge in [0.05, 0.1) is 6.54 Å². The Morgan fingerprint density at radius 3 is 2.45 bits per heavy atom. The van der Waals surface area contributed by atoms with Crippen LogP contribution in [-0.2, 0) is 16.1 Å². The SMILES string of the molecule is CCC1=C(C(C)=O)CN(C(=O)OCc2ccccc2)C1. The summed E-state index contributed by atoms with van der Waals surface area (Å²) in [6, 6.07) is 9.55. The molecule has 0 unspecified atom stereocenters. The molecule has 4 nitrogen and oxygen atoms in total. The predicted octanol–water partition coefficient (Wildman–Crippen LogP) is 2.93. The maximum atomic E-state index is 12.0. The van der Waals surface area contributed by atoms with Crippen LogP contribution in [0.15, 0.2) is 41.5 Å². The van der Waals surface area contributed by atoms with Crippen LogP contribution in [0.25, 0.3) is 0 Å². The molecular formula is C16H19NO3. The lowest BCUT2D eigenvalue weighted by Crippen LogP contribution is -2.30. The van der Waals surface area contributed by atoms with Crippen molar-refractivity contribution < 1.29 is 14.3 Å². The van der Waals surface area contributed by atoms with E-state index in [-0.39, 0.29) is 18.5 Å². The second kappa shape index (κ2) is 6.37. The number of hydrogen-bond donors (Lipinski definition) is 0. The first-order chi connectivity index (χ1) is 9.61. The fourth-order valence-corrected chi connectivity index (χ4v) is 2.31. The number of hydrogen-bond acceptors (Lipinski definition) is 3. The lowest BCUT2D eigenvalue weighted by atomic mass is 10.1. The molecule has 106 valence electrons. The van der Waals surface area contributed by atoms with E-state index in [2.05, 4.69) is 0 Å². The Morgan fingerprint density at radius 2 is 1.90 bits per heavy atom. The second-order valence-corrected chi connectivity index (χ2v) is 4.89. The highest BCUT2D eigenvalue weighted by molar-refractivity contribution is 5.96. The number of ether oxygens (including phenoxy) is 1. The third kappa shape index (κ3) is 3.26. The Labute approximate surface area is 119 Å². The van der Waals surface area contributed by atoms with E-state index in [1.165, 1.54) is 0 Å². The lowest BCUT2D eigenvalue weighted by molar-refractivity contribution is -0.113. The quantitative estimate of drug-likeness (QED) is 0.847. The third-order valence-corrected chi connectivity index (χ3v) is 3.47. The van der Waals surface area contributed by atoms with Crippen molar-refractivity contribution in [1.29, 1.82) is 0 Å². The van der Waals surface area contributed by atoms with Gasteiger partial charge in [0.25, 0.3) is 0 Å². The van der Waals surface area contributed by atoms with Crippen LogP contribution in [-0.4, -0.2) is 29.9 Å². The van der Waals surface area contributed by atoms with E-state index >= 15 is 0 Å². The molecule has 0 aromatic heterocycles. The van der Waals surface area contributed by atoms with E-state index in [1.807, 2.05) is 37.3 Å². The Morgan fingerprint density at radius 1 is 1.20 bits per heavy atom. The summed E-state index contributed by atoms with van der Waals surface area (Å²) in [5, 5.41) is 0. The van der Waals surface area contributed by atoms with Crippen LogP contribution >= 0.6 is 0 Å². The van der Waals surface area contributed by atoms with Crippen molar-refractivity contribution in [2.45, 2.75) is 26.9 Å². The first kappa shape index (κ1) is 14.3. The normalized spacial score (nSPS) is 14.6. The van der Waals surface area contributed by atoms with Gasteiger partial charge in [0.1, 0.15) is 6.61 Å². The van der Waals surface area contributed by atoms with Crippen LogP contribution < -0.4 is 0 Å². The molecule has 1 aromatic rings. The van der Waals surface area contributed by atoms with Crippen LogP contribution in [0.4, 0.5) is 4.79 Å². The first-order valence-corrected chi connectivity index (χ1v) is 6.79. The molecule has 1 amide bonds. The molecule has 4 heteroatoms. The van der Waals surface area contributed by atoms with Gasteiger partial charge >= 0.3 is 6.09 Å². The average molecular weight is 273 g/mol. The molecule has 0 aliphatic carbocycles. The molecule has 1 aliphatic rings. The Kier molecular flexibility index (Phi) is 4.56. The number of amides is 1. The van der Waals surface area contributed by atoms with Gasteiger partial charge in [-0.3, -0.25) is 9.69 Å². The molecule has 0 spiro atoms. The van der Waals surface area contributed by atoms with Gasteiger partial charge in [0.2, 0.25) is 0 Å². The van der Waals surface area contributed by atoms with Crippen molar-refractivity contribution in [2.75, 3.05) is 13.1 Å². The molecule has 0 bridgehead atoms. The zero-order valence-corrected chi connectivity index (χ0v) is 11.9. The number of carbonyl (C=O) groups excluding carboxylic acids is 2. The second-order valence-electron chi connectivity index (χ2n) is 4.89. The summed E-state index contributed by atoms with van der Waals surface area (Å²) < 4.78 is 5.28. The maximum absolute atomic E-state index is 12.0. The van der Waals surface area contributed by atoms with E-state index in [1.54, 1.807) is 11.8 Å². The molecule has 0 radical (unpaired) electrons. The zero-order valence-electron chi connectivity index (χ0n) is 11.9. The van der Waals surface area contributed by atoms with Gasteiger partial charge in [-0.2, -0.15) is 0 Å². The maximum Gasteiger partial charge on any atom is 0.410 e. The summed E-state index contributed by atoms with van der Waals surface area (Å²) in [5.74, 6) is 0.0419. The van der Waals surface area contributed by atoms with Crippen LogP contribution in [0.3, 0.4) is 0 Å². The molecule has 0 saturated heterocycles. The topological polar surface area (TPSA) is 46.6 Å². The fraction of sp³-hybridized carbons (Fsp3) is 0.375. The third-order valence-electron chi connectivity index (χ3n) is 3.47. The molecule has 20 heavy (non-hydrogen) atoms. The van der Waals surface area contributed by atoms with E-state index in [0.717, 1.165) is 23.1 Å². The minimum Gasteiger partial charge on any atom is -0.445 e. The highest BCUT2D eigenvalue weighted by Crippen LogP contribution is 2.21. The van der Waals surface area contributed by atoms with Gasteiger partial charge in [-0.05, 0) is 24.5 Å². The number of rotatable bonds is 4. The van der Waals surface area contributed by atoms with Crippen molar-refractivity contribution in [3.63, 3.8) is 0 Å². The van der Waals surface area contributed by atoms with E-state index in [9.17, 15) is 9.59 Å². The lowest BCUT2D eigenvalue weighted by Gasteiger charge is -2.16. The van der Waals surface area contributed by atoms with Crippen LogP contribution in [0.2, 0.25) is 0 Å². The average Bonchev–Trinajstić information content (AvgIpc) is 2.90. The number of nitrogens with zero attached hydrogens (tertiary/aromatic N) is 1. The van der Waals surface area contributed by atoms with Crippen LogP contribution in [0, 0.1) is 0 Å². The Balaban J connectivity index is 1.91. The van der Waals surface area contributed by atoms with Gasteiger partial charge in [-0.25, -0.2) is 4.79 Å². The van der Waals surface area contributed by atoms with Gasteiger partial charge in [0, 0.05) is 12.1 Å². The predicted molar refractivity (Wildman–Crippen MR) is 76.2 cm³/mol. The number of benzene rings is 1. The van der Waals surface area contributed by atoms with E-state index < -0.39 is 0 Å². The summed E-state index contributed by atoms with van der Waals surface area (Å²) >= 11 is 0. The van der Waals surface area contributed by atoms with Gasteiger partial charge in [-0.1, -0.05) is 37.3 Å². The van der Waals surface area contributed by atoms with Crippen LogP contribution in [0.1, 0.15) is 25.8 Å².